The van der Waals surface area contributed by atoms with Gasteiger partial charge in [-0.3, -0.25) is 14.7 Å². The van der Waals surface area contributed by atoms with Crippen LogP contribution >= 0.6 is 0 Å². The number of methoxy groups -OCH3 is 1. The molecule has 3 aromatic carbocycles. The van der Waals surface area contributed by atoms with Gasteiger partial charge < -0.3 is 4.74 Å². The number of sulfonamides is 1. The molecule has 0 aliphatic heterocycles. The van der Waals surface area contributed by atoms with Crippen LogP contribution in [-0.4, -0.2) is 26.6 Å². The van der Waals surface area contributed by atoms with Gasteiger partial charge in [0, 0.05) is 11.8 Å². The SMILES string of the molecule is COc1ccc(S(=O)(=O)Nc2ccc(C(=CC(=O)NO)c3ccccc3)cc2)cc1. The van der Waals surface area contributed by atoms with Crippen molar-refractivity contribution < 1.29 is 23.2 Å². The predicted molar refractivity (Wildman–Crippen MR) is 114 cm³/mol. The van der Waals surface area contributed by atoms with Crippen LogP contribution in [0, 0.1) is 0 Å². The first-order valence-corrected chi connectivity index (χ1v) is 10.4. The van der Waals surface area contributed by atoms with E-state index in [4.69, 9.17) is 9.94 Å². The lowest BCUT2D eigenvalue weighted by Crippen LogP contribution is -2.16. The summed E-state index contributed by atoms with van der Waals surface area (Å²) < 4.78 is 32.7. The second-order valence-corrected chi connectivity index (χ2v) is 7.94. The number of anilines is 1. The molecule has 0 atom stereocenters. The summed E-state index contributed by atoms with van der Waals surface area (Å²) in [6.45, 7) is 0. The number of carbonyl (C=O) groups is 1. The summed E-state index contributed by atoms with van der Waals surface area (Å²) in [5, 5.41) is 8.86. The molecule has 3 aromatic rings. The molecule has 7 nitrogen and oxygen atoms in total. The van der Waals surface area contributed by atoms with Crippen molar-refractivity contribution in [3.63, 3.8) is 0 Å². The summed E-state index contributed by atoms with van der Waals surface area (Å²) in [5.41, 5.74) is 3.98. The van der Waals surface area contributed by atoms with E-state index in [9.17, 15) is 13.2 Å². The Kier molecular flexibility index (Phi) is 6.51. The Labute approximate surface area is 174 Å². The van der Waals surface area contributed by atoms with E-state index in [1.54, 1.807) is 41.9 Å². The van der Waals surface area contributed by atoms with Gasteiger partial charge in [-0.15, -0.1) is 0 Å². The van der Waals surface area contributed by atoms with Crippen LogP contribution in [0.1, 0.15) is 11.1 Å². The van der Waals surface area contributed by atoms with Gasteiger partial charge in [-0.2, -0.15) is 0 Å². The normalized spacial score (nSPS) is 11.6. The monoisotopic (exact) mass is 424 g/mol. The number of hydrogen-bond acceptors (Lipinski definition) is 5. The number of benzene rings is 3. The molecule has 154 valence electrons. The van der Waals surface area contributed by atoms with Gasteiger partial charge >= 0.3 is 0 Å². The van der Waals surface area contributed by atoms with E-state index in [0.29, 0.717) is 22.6 Å². The van der Waals surface area contributed by atoms with E-state index in [-0.39, 0.29) is 4.90 Å². The zero-order valence-electron chi connectivity index (χ0n) is 16.1. The third-order valence-electron chi connectivity index (χ3n) is 4.29. The van der Waals surface area contributed by atoms with Crippen molar-refractivity contribution in [2.24, 2.45) is 0 Å². The summed E-state index contributed by atoms with van der Waals surface area (Å²) in [7, 11) is -2.26. The van der Waals surface area contributed by atoms with Gasteiger partial charge in [0.25, 0.3) is 15.9 Å². The molecule has 0 saturated carbocycles. The van der Waals surface area contributed by atoms with Crippen LogP contribution in [-0.2, 0) is 14.8 Å². The summed E-state index contributed by atoms with van der Waals surface area (Å²) in [6.07, 6.45) is 1.27. The number of amides is 1. The minimum Gasteiger partial charge on any atom is -0.497 e. The van der Waals surface area contributed by atoms with Gasteiger partial charge in [0.2, 0.25) is 0 Å². The van der Waals surface area contributed by atoms with Crippen LogP contribution in [0.4, 0.5) is 5.69 Å². The maximum atomic E-state index is 12.6. The molecule has 0 radical (unpaired) electrons. The minimum absolute atomic E-state index is 0.108. The Morgan fingerprint density at radius 3 is 2.07 bits per heavy atom. The van der Waals surface area contributed by atoms with Crippen LogP contribution < -0.4 is 14.9 Å². The van der Waals surface area contributed by atoms with Crippen molar-refractivity contribution in [3.8, 4) is 5.75 Å². The zero-order valence-corrected chi connectivity index (χ0v) is 16.9. The standard InChI is InChI=1S/C22H20N2O5S/c1-29-19-11-13-20(14-12-19)30(27,28)24-18-9-7-17(8-10-18)21(15-22(25)23-26)16-5-3-2-4-6-16/h2-15,24,26H,1H3,(H,23,25). The summed E-state index contributed by atoms with van der Waals surface area (Å²) in [6, 6.07) is 21.8. The average molecular weight is 424 g/mol. The molecular weight excluding hydrogens is 404 g/mol. The molecule has 3 N–H and O–H groups in total. The van der Waals surface area contributed by atoms with Crippen molar-refractivity contribution in [2.45, 2.75) is 4.90 Å². The first-order chi connectivity index (χ1) is 14.4. The van der Waals surface area contributed by atoms with Crippen molar-refractivity contribution in [1.29, 1.82) is 0 Å². The first-order valence-electron chi connectivity index (χ1n) is 8.91. The Balaban J connectivity index is 1.87. The molecule has 0 bridgehead atoms. The van der Waals surface area contributed by atoms with Gasteiger partial charge in [-0.25, -0.2) is 13.9 Å². The Bertz CT molecular complexity index is 1140. The molecular formula is C22H20N2O5S. The second kappa shape index (κ2) is 9.25. The maximum Gasteiger partial charge on any atom is 0.267 e. The van der Waals surface area contributed by atoms with Crippen LogP contribution in [0.2, 0.25) is 0 Å². The summed E-state index contributed by atoms with van der Waals surface area (Å²) in [5.74, 6) is -0.108. The molecule has 0 saturated heterocycles. The molecule has 0 heterocycles. The average Bonchev–Trinajstić information content (AvgIpc) is 2.78. The second-order valence-electron chi connectivity index (χ2n) is 6.26. The summed E-state index contributed by atoms with van der Waals surface area (Å²) >= 11 is 0. The number of hydrogen-bond donors (Lipinski definition) is 3. The minimum atomic E-state index is -3.76. The number of ether oxygens (including phenoxy) is 1. The molecule has 8 heteroatoms. The van der Waals surface area contributed by atoms with Gasteiger partial charge in [-0.1, -0.05) is 42.5 Å². The highest BCUT2D eigenvalue weighted by Crippen LogP contribution is 2.26. The molecule has 0 spiro atoms. The third-order valence-corrected chi connectivity index (χ3v) is 5.69. The van der Waals surface area contributed by atoms with E-state index in [2.05, 4.69) is 4.72 Å². The highest BCUT2D eigenvalue weighted by molar-refractivity contribution is 7.92. The van der Waals surface area contributed by atoms with E-state index >= 15 is 0 Å². The van der Waals surface area contributed by atoms with Crippen molar-refractivity contribution in [1.82, 2.24) is 5.48 Å². The highest BCUT2D eigenvalue weighted by atomic mass is 32.2. The molecule has 1 amide bonds. The van der Waals surface area contributed by atoms with Crippen LogP contribution in [0.5, 0.6) is 5.75 Å². The third kappa shape index (κ3) is 5.05. The van der Waals surface area contributed by atoms with Gasteiger partial charge in [0.1, 0.15) is 5.75 Å². The molecule has 30 heavy (non-hydrogen) atoms. The van der Waals surface area contributed by atoms with Crippen molar-refractivity contribution in [3.05, 3.63) is 96.1 Å². The molecule has 0 fully saturated rings. The fourth-order valence-corrected chi connectivity index (χ4v) is 3.86. The lowest BCUT2D eigenvalue weighted by Gasteiger charge is -2.11. The number of rotatable bonds is 7. The van der Waals surface area contributed by atoms with Crippen LogP contribution in [0.15, 0.2) is 89.8 Å². The van der Waals surface area contributed by atoms with Crippen LogP contribution in [0.3, 0.4) is 0 Å². The molecule has 0 aromatic heterocycles. The Morgan fingerprint density at radius 1 is 0.900 bits per heavy atom. The smallest absolute Gasteiger partial charge is 0.267 e. The molecule has 0 aliphatic carbocycles. The Morgan fingerprint density at radius 2 is 1.50 bits per heavy atom. The fraction of sp³-hybridized carbons (Fsp3) is 0.0455. The van der Waals surface area contributed by atoms with E-state index in [1.807, 2.05) is 30.3 Å². The van der Waals surface area contributed by atoms with Gasteiger partial charge in [0.15, 0.2) is 0 Å². The van der Waals surface area contributed by atoms with Gasteiger partial charge in [-0.05, 0) is 53.1 Å². The zero-order chi connectivity index (χ0) is 21.6. The largest absolute Gasteiger partial charge is 0.497 e. The maximum absolute atomic E-state index is 12.6. The van der Waals surface area contributed by atoms with E-state index < -0.39 is 15.9 Å². The fourth-order valence-electron chi connectivity index (χ4n) is 2.80. The number of nitrogens with one attached hydrogen (secondary N) is 2. The van der Waals surface area contributed by atoms with Gasteiger partial charge in [0.05, 0.1) is 12.0 Å². The van der Waals surface area contributed by atoms with E-state index in [1.165, 1.54) is 25.3 Å². The molecule has 0 aliphatic rings. The molecule has 3 rings (SSSR count). The predicted octanol–water partition coefficient (Wildman–Crippen LogP) is 3.43. The number of hydroxylamine groups is 1. The summed E-state index contributed by atoms with van der Waals surface area (Å²) in [4.78, 5) is 11.8. The molecule has 0 unspecified atom stereocenters. The van der Waals surface area contributed by atoms with Crippen LogP contribution in [0.25, 0.3) is 5.57 Å². The van der Waals surface area contributed by atoms with E-state index in [0.717, 1.165) is 5.56 Å². The topological polar surface area (TPSA) is 105 Å². The highest BCUT2D eigenvalue weighted by Gasteiger charge is 2.15. The lowest BCUT2D eigenvalue weighted by molar-refractivity contribution is -0.124. The van der Waals surface area contributed by atoms with Crippen molar-refractivity contribution in [2.75, 3.05) is 11.8 Å². The quantitative estimate of drug-likeness (QED) is 0.306. The van der Waals surface area contributed by atoms with Crippen molar-refractivity contribution >= 4 is 27.2 Å². The lowest BCUT2D eigenvalue weighted by atomic mass is 9.97. The number of carbonyl (C=O) groups excluding carboxylic acids is 1. The first kappa shape index (κ1) is 21.1. The Hall–Kier alpha value is -3.62.